The van der Waals surface area contributed by atoms with Crippen LogP contribution in [0.2, 0.25) is 0 Å². The smallest absolute Gasteiger partial charge is 0.305 e. The fourth-order valence-corrected chi connectivity index (χ4v) is 1.81. The molecule has 3 nitrogen and oxygen atoms in total. The van der Waals surface area contributed by atoms with E-state index in [-0.39, 0.29) is 12.5 Å². The minimum atomic E-state index is -0.795. The number of rotatable bonds is 8. The zero-order chi connectivity index (χ0) is 13.4. The summed E-state index contributed by atoms with van der Waals surface area (Å²) in [6, 6.07) is 9.85. The van der Waals surface area contributed by atoms with Gasteiger partial charge in [0.2, 0.25) is 0 Å². The number of carbonyl (C=O) groups is 1. The molecule has 0 heterocycles. The molecular weight excluding hydrogens is 228 g/mol. The molecule has 0 aliphatic rings. The first-order valence-corrected chi connectivity index (χ1v) is 6.49. The van der Waals surface area contributed by atoms with Crippen LogP contribution in [0.15, 0.2) is 30.3 Å². The highest BCUT2D eigenvalue weighted by Crippen LogP contribution is 2.16. The van der Waals surface area contributed by atoms with E-state index in [0.29, 0.717) is 12.5 Å². The molecule has 0 aliphatic heterocycles. The van der Waals surface area contributed by atoms with Gasteiger partial charge in [-0.25, -0.2) is 0 Å². The summed E-state index contributed by atoms with van der Waals surface area (Å²) in [6.45, 7) is 4.72. The summed E-state index contributed by atoms with van der Waals surface area (Å²) < 4.78 is 5.73. The van der Waals surface area contributed by atoms with E-state index >= 15 is 0 Å². The third kappa shape index (κ3) is 5.82. The summed E-state index contributed by atoms with van der Waals surface area (Å²) in [7, 11) is 0. The van der Waals surface area contributed by atoms with E-state index in [2.05, 4.69) is 13.8 Å². The Morgan fingerprint density at radius 3 is 2.56 bits per heavy atom. The molecule has 18 heavy (non-hydrogen) atoms. The number of carboxylic acid groups (broad SMARTS) is 1. The van der Waals surface area contributed by atoms with Gasteiger partial charge in [0.25, 0.3) is 0 Å². The molecule has 3 heteroatoms. The summed E-state index contributed by atoms with van der Waals surface area (Å²) in [6.07, 6.45) is 1.73. The van der Waals surface area contributed by atoms with Crippen molar-refractivity contribution in [3.63, 3.8) is 0 Å². The maximum absolute atomic E-state index is 10.8. The first kappa shape index (κ1) is 14.7. The van der Waals surface area contributed by atoms with E-state index in [9.17, 15) is 4.79 Å². The maximum Gasteiger partial charge on any atom is 0.305 e. The minimum Gasteiger partial charge on any atom is -0.481 e. The highest BCUT2D eigenvalue weighted by Gasteiger charge is 2.16. The molecule has 1 aromatic rings. The molecule has 0 aromatic heterocycles. The predicted molar refractivity (Wildman–Crippen MR) is 71.3 cm³/mol. The van der Waals surface area contributed by atoms with Crippen molar-refractivity contribution in [3.05, 3.63) is 35.9 Å². The second-order valence-electron chi connectivity index (χ2n) is 4.77. The summed E-state index contributed by atoms with van der Waals surface area (Å²) in [5.74, 6) is -0.304. The van der Waals surface area contributed by atoms with Crippen molar-refractivity contribution in [2.24, 2.45) is 5.92 Å². The molecule has 0 saturated heterocycles. The average molecular weight is 250 g/mol. The van der Waals surface area contributed by atoms with Crippen LogP contribution in [-0.2, 0) is 16.1 Å². The van der Waals surface area contributed by atoms with Crippen LogP contribution in [0.3, 0.4) is 0 Å². The van der Waals surface area contributed by atoms with Crippen LogP contribution >= 0.6 is 0 Å². The quantitative estimate of drug-likeness (QED) is 0.768. The summed E-state index contributed by atoms with van der Waals surface area (Å²) in [5.41, 5.74) is 1.08. The maximum atomic E-state index is 10.8. The zero-order valence-electron chi connectivity index (χ0n) is 11.1. The molecule has 0 aliphatic carbocycles. The van der Waals surface area contributed by atoms with Crippen LogP contribution in [0.4, 0.5) is 0 Å². The van der Waals surface area contributed by atoms with Crippen molar-refractivity contribution in [2.45, 2.75) is 45.8 Å². The number of benzene rings is 1. The van der Waals surface area contributed by atoms with Gasteiger partial charge >= 0.3 is 5.97 Å². The number of hydrogen-bond acceptors (Lipinski definition) is 2. The fourth-order valence-electron chi connectivity index (χ4n) is 1.81. The Hall–Kier alpha value is -1.35. The van der Waals surface area contributed by atoms with Crippen LogP contribution in [-0.4, -0.2) is 17.2 Å². The predicted octanol–water partition coefficient (Wildman–Crippen LogP) is 3.48. The fraction of sp³-hybridized carbons (Fsp3) is 0.533. The zero-order valence-corrected chi connectivity index (χ0v) is 11.1. The number of ether oxygens (including phenoxy) is 1. The van der Waals surface area contributed by atoms with Crippen LogP contribution < -0.4 is 0 Å². The van der Waals surface area contributed by atoms with E-state index in [1.807, 2.05) is 30.3 Å². The largest absolute Gasteiger partial charge is 0.481 e. The van der Waals surface area contributed by atoms with Crippen molar-refractivity contribution < 1.29 is 14.6 Å². The average Bonchev–Trinajstić information content (AvgIpc) is 2.36. The van der Waals surface area contributed by atoms with Crippen LogP contribution in [0.5, 0.6) is 0 Å². The Labute approximate surface area is 109 Å². The lowest BCUT2D eigenvalue weighted by Gasteiger charge is -2.19. The Bertz CT molecular complexity index is 348. The standard InChI is InChI=1S/C15H22O3/c1-3-12(2)9-14(10-15(16)17)18-11-13-7-5-4-6-8-13/h4-8,12,14H,3,9-11H2,1-2H3,(H,16,17)/t12-,14+/m1/s1. The lowest BCUT2D eigenvalue weighted by molar-refractivity contribution is -0.140. The van der Waals surface area contributed by atoms with Gasteiger partial charge in [-0.1, -0.05) is 50.6 Å². The minimum absolute atomic E-state index is 0.0805. The SMILES string of the molecule is CC[C@@H](C)C[C@@H](CC(=O)O)OCc1ccccc1. The topological polar surface area (TPSA) is 46.5 Å². The van der Waals surface area contributed by atoms with Crippen molar-refractivity contribution in [1.82, 2.24) is 0 Å². The highest BCUT2D eigenvalue weighted by molar-refractivity contribution is 5.67. The Balaban J connectivity index is 2.47. The van der Waals surface area contributed by atoms with E-state index in [0.717, 1.165) is 18.4 Å². The molecule has 0 radical (unpaired) electrons. The molecule has 0 unspecified atom stereocenters. The highest BCUT2D eigenvalue weighted by atomic mass is 16.5. The summed E-state index contributed by atoms with van der Waals surface area (Å²) in [4.78, 5) is 10.8. The van der Waals surface area contributed by atoms with E-state index in [1.165, 1.54) is 0 Å². The van der Waals surface area contributed by atoms with Gasteiger partial charge < -0.3 is 9.84 Å². The third-order valence-electron chi connectivity index (χ3n) is 3.09. The Morgan fingerprint density at radius 2 is 2.00 bits per heavy atom. The molecule has 2 atom stereocenters. The van der Waals surface area contributed by atoms with Gasteiger partial charge in [-0.15, -0.1) is 0 Å². The molecule has 0 bridgehead atoms. The van der Waals surface area contributed by atoms with Crippen LogP contribution in [0.1, 0.15) is 38.7 Å². The van der Waals surface area contributed by atoms with E-state index in [1.54, 1.807) is 0 Å². The molecule has 0 amide bonds. The van der Waals surface area contributed by atoms with Gasteiger partial charge in [0.05, 0.1) is 19.1 Å². The van der Waals surface area contributed by atoms with Crippen molar-refractivity contribution in [3.8, 4) is 0 Å². The molecule has 100 valence electrons. The molecule has 1 aromatic carbocycles. The van der Waals surface area contributed by atoms with Gasteiger partial charge in [0.1, 0.15) is 0 Å². The van der Waals surface area contributed by atoms with Gasteiger partial charge in [0.15, 0.2) is 0 Å². The molecule has 1 N–H and O–H groups in total. The molecule has 0 saturated carbocycles. The normalized spacial score (nSPS) is 14.1. The first-order valence-electron chi connectivity index (χ1n) is 6.49. The van der Waals surface area contributed by atoms with Crippen molar-refractivity contribution >= 4 is 5.97 Å². The van der Waals surface area contributed by atoms with Crippen LogP contribution in [0, 0.1) is 5.92 Å². The summed E-state index contributed by atoms with van der Waals surface area (Å²) in [5, 5.41) is 8.89. The molecule has 0 fully saturated rings. The number of carboxylic acids is 1. The third-order valence-corrected chi connectivity index (χ3v) is 3.09. The van der Waals surface area contributed by atoms with E-state index in [4.69, 9.17) is 9.84 Å². The van der Waals surface area contributed by atoms with Gasteiger partial charge in [-0.05, 0) is 17.9 Å². The molecule has 1 rings (SSSR count). The van der Waals surface area contributed by atoms with Crippen LogP contribution in [0.25, 0.3) is 0 Å². The first-order chi connectivity index (χ1) is 8.61. The second kappa shape index (κ2) is 7.88. The number of aliphatic carboxylic acids is 1. The van der Waals surface area contributed by atoms with Crippen molar-refractivity contribution in [2.75, 3.05) is 0 Å². The molecule has 0 spiro atoms. The lowest BCUT2D eigenvalue weighted by atomic mass is 9.99. The number of hydrogen-bond donors (Lipinski definition) is 1. The Morgan fingerprint density at radius 1 is 1.33 bits per heavy atom. The summed E-state index contributed by atoms with van der Waals surface area (Å²) >= 11 is 0. The van der Waals surface area contributed by atoms with Gasteiger partial charge in [-0.2, -0.15) is 0 Å². The van der Waals surface area contributed by atoms with E-state index < -0.39 is 5.97 Å². The second-order valence-corrected chi connectivity index (χ2v) is 4.77. The van der Waals surface area contributed by atoms with Gasteiger partial charge in [-0.3, -0.25) is 4.79 Å². The van der Waals surface area contributed by atoms with Gasteiger partial charge in [0, 0.05) is 0 Å². The monoisotopic (exact) mass is 250 g/mol. The van der Waals surface area contributed by atoms with Crippen molar-refractivity contribution in [1.29, 1.82) is 0 Å². The Kier molecular flexibility index (Phi) is 6.44. The molecular formula is C15H22O3. The lowest BCUT2D eigenvalue weighted by Crippen LogP contribution is -2.20.